The second kappa shape index (κ2) is 4.05. The van der Waals surface area contributed by atoms with E-state index in [1.165, 1.54) is 30.5 Å². The molecule has 0 saturated carbocycles. The molecule has 0 aliphatic carbocycles. The molecule has 2 rings (SSSR count). The molecule has 2 heterocycles. The average molecular weight is 219 g/mol. The molecule has 16 heavy (non-hydrogen) atoms. The van der Waals surface area contributed by atoms with Crippen LogP contribution in [0, 0.1) is 6.92 Å². The molecule has 2 aromatic heterocycles. The second-order valence-electron chi connectivity index (χ2n) is 2.99. The van der Waals surface area contributed by atoms with E-state index in [2.05, 4.69) is 24.9 Å². The quantitative estimate of drug-likeness (QED) is 0.669. The lowest BCUT2D eigenvalue weighted by molar-refractivity contribution is 0.0592. The van der Waals surface area contributed by atoms with Crippen LogP contribution in [0.5, 0.6) is 0 Å². The number of methoxy groups -OCH3 is 1. The van der Waals surface area contributed by atoms with Gasteiger partial charge in [-0.25, -0.2) is 14.8 Å². The molecule has 2 aromatic rings. The Balaban J connectivity index is 2.57. The number of hydrogen-bond donors (Lipinski definition) is 0. The first-order valence-electron chi connectivity index (χ1n) is 4.51. The summed E-state index contributed by atoms with van der Waals surface area (Å²) in [5.41, 5.74) is 0.718. The van der Waals surface area contributed by atoms with Crippen LogP contribution in [0.3, 0.4) is 0 Å². The zero-order valence-electron chi connectivity index (χ0n) is 8.78. The van der Waals surface area contributed by atoms with Crippen LogP contribution >= 0.6 is 0 Å². The summed E-state index contributed by atoms with van der Waals surface area (Å²) in [6.45, 7) is 1.74. The Morgan fingerprint density at radius 1 is 1.38 bits per heavy atom. The predicted molar refractivity (Wildman–Crippen MR) is 53.0 cm³/mol. The van der Waals surface area contributed by atoms with Gasteiger partial charge in [0.1, 0.15) is 0 Å². The lowest BCUT2D eigenvalue weighted by Crippen LogP contribution is -2.14. The molecular weight excluding hydrogens is 210 g/mol. The van der Waals surface area contributed by atoms with E-state index in [0.29, 0.717) is 5.69 Å². The Hall–Kier alpha value is -2.31. The lowest BCUT2D eigenvalue weighted by Gasteiger charge is -2.05. The van der Waals surface area contributed by atoms with Gasteiger partial charge in [-0.3, -0.25) is 0 Å². The minimum absolute atomic E-state index is 0.0960. The summed E-state index contributed by atoms with van der Waals surface area (Å²) in [5.74, 6) is -0.314. The summed E-state index contributed by atoms with van der Waals surface area (Å²) in [6.07, 6.45) is 4.51. The molecule has 0 aliphatic heterocycles. The first-order valence-corrected chi connectivity index (χ1v) is 4.51. The zero-order chi connectivity index (χ0) is 11.5. The maximum Gasteiger partial charge on any atom is 0.360 e. The number of carbonyl (C=O) groups excluding carboxylic acids is 1. The second-order valence-corrected chi connectivity index (χ2v) is 2.99. The van der Waals surface area contributed by atoms with Gasteiger partial charge in [0.25, 0.3) is 0 Å². The van der Waals surface area contributed by atoms with Crippen LogP contribution in [-0.4, -0.2) is 38.0 Å². The number of esters is 1. The van der Waals surface area contributed by atoms with Gasteiger partial charge in [-0.05, 0) is 6.92 Å². The third-order valence-electron chi connectivity index (χ3n) is 1.86. The van der Waals surface area contributed by atoms with Crippen LogP contribution in [0.1, 0.15) is 16.2 Å². The van der Waals surface area contributed by atoms with E-state index in [1.807, 2.05) is 0 Å². The van der Waals surface area contributed by atoms with Crippen molar-refractivity contribution in [1.82, 2.24) is 25.0 Å². The highest BCUT2D eigenvalue weighted by Gasteiger charge is 2.17. The van der Waals surface area contributed by atoms with Crippen molar-refractivity contribution in [1.29, 1.82) is 0 Å². The number of aromatic nitrogens is 5. The van der Waals surface area contributed by atoms with E-state index in [4.69, 9.17) is 0 Å². The van der Waals surface area contributed by atoms with Crippen molar-refractivity contribution < 1.29 is 9.53 Å². The summed E-state index contributed by atoms with van der Waals surface area (Å²) < 4.78 is 4.62. The summed E-state index contributed by atoms with van der Waals surface area (Å²) in [6, 6.07) is 0. The normalized spacial score (nSPS) is 10.1. The Morgan fingerprint density at radius 3 is 2.69 bits per heavy atom. The first-order chi connectivity index (χ1) is 7.72. The summed E-state index contributed by atoms with van der Waals surface area (Å²) in [4.78, 5) is 20.8. The number of nitrogens with zero attached hydrogens (tertiary/aromatic N) is 5. The molecule has 0 bridgehead atoms. The van der Waals surface area contributed by atoms with E-state index in [0.717, 1.165) is 0 Å². The molecule has 0 aliphatic rings. The molecule has 0 fully saturated rings. The average Bonchev–Trinajstić information content (AvgIpc) is 2.81. The van der Waals surface area contributed by atoms with Crippen molar-refractivity contribution in [2.24, 2.45) is 0 Å². The van der Waals surface area contributed by atoms with E-state index in [1.54, 1.807) is 6.92 Å². The molecule has 0 aromatic carbocycles. The number of carbonyl (C=O) groups is 1. The van der Waals surface area contributed by atoms with Crippen molar-refractivity contribution in [3.8, 4) is 5.82 Å². The van der Waals surface area contributed by atoms with Crippen molar-refractivity contribution >= 4 is 5.97 Å². The molecule has 0 spiro atoms. The number of ether oxygens (including phenoxy) is 1. The summed E-state index contributed by atoms with van der Waals surface area (Å²) in [5, 5.41) is 7.78. The highest BCUT2D eigenvalue weighted by molar-refractivity contribution is 5.90. The van der Waals surface area contributed by atoms with Gasteiger partial charge in [0, 0.05) is 0 Å². The molecule has 7 heteroatoms. The molecule has 7 nitrogen and oxygen atoms in total. The van der Waals surface area contributed by atoms with Crippen LogP contribution in [0.2, 0.25) is 0 Å². The van der Waals surface area contributed by atoms with Crippen molar-refractivity contribution in [3.63, 3.8) is 0 Å². The van der Waals surface area contributed by atoms with Gasteiger partial charge >= 0.3 is 5.97 Å². The molecule has 82 valence electrons. The van der Waals surface area contributed by atoms with Crippen molar-refractivity contribution in [2.75, 3.05) is 7.11 Å². The third kappa shape index (κ3) is 1.74. The van der Waals surface area contributed by atoms with E-state index < -0.39 is 5.97 Å². The first kappa shape index (κ1) is 10.2. The van der Waals surface area contributed by atoms with Gasteiger partial charge < -0.3 is 4.74 Å². The molecule has 0 saturated heterocycles. The van der Waals surface area contributed by atoms with Crippen molar-refractivity contribution in [3.05, 3.63) is 30.0 Å². The summed E-state index contributed by atoms with van der Waals surface area (Å²) >= 11 is 0. The van der Waals surface area contributed by atoms with E-state index >= 15 is 0 Å². The van der Waals surface area contributed by atoms with Crippen LogP contribution < -0.4 is 0 Å². The van der Waals surface area contributed by atoms with Gasteiger partial charge in [-0.15, -0.1) is 4.80 Å². The smallest absolute Gasteiger partial charge is 0.360 e. The Labute approximate surface area is 91.1 Å². The molecule has 0 unspecified atom stereocenters. The minimum atomic E-state index is -0.566. The molecule has 0 radical (unpaired) electrons. The van der Waals surface area contributed by atoms with Crippen molar-refractivity contribution in [2.45, 2.75) is 6.92 Å². The standard InChI is InChI=1S/C9H9N5O2/c1-6-5-10-8(14-11-3-4-12-14)7(13-6)9(15)16-2/h3-5H,1-2H3. The van der Waals surface area contributed by atoms with Crippen LogP contribution in [-0.2, 0) is 4.74 Å². The van der Waals surface area contributed by atoms with Gasteiger partial charge in [-0.2, -0.15) is 10.2 Å². The summed E-state index contributed by atoms with van der Waals surface area (Å²) in [7, 11) is 1.28. The highest BCUT2D eigenvalue weighted by atomic mass is 16.5. The fourth-order valence-electron chi connectivity index (χ4n) is 1.18. The maximum atomic E-state index is 11.5. The molecule has 0 N–H and O–H groups in total. The number of hydrogen-bond acceptors (Lipinski definition) is 6. The minimum Gasteiger partial charge on any atom is -0.464 e. The molecule has 0 atom stereocenters. The largest absolute Gasteiger partial charge is 0.464 e. The van der Waals surface area contributed by atoms with E-state index in [9.17, 15) is 4.79 Å². The monoisotopic (exact) mass is 219 g/mol. The Bertz CT molecular complexity index is 509. The maximum absolute atomic E-state index is 11.5. The number of aryl methyl sites for hydroxylation is 1. The zero-order valence-corrected chi connectivity index (χ0v) is 8.78. The lowest BCUT2D eigenvalue weighted by atomic mass is 10.4. The molecular formula is C9H9N5O2. The topological polar surface area (TPSA) is 82.8 Å². The van der Waals surface area contributed by atoms with Crippen LogP contribution in [0.25, 0.3) is 5.82 Å². The van der Waals surface area contributed by atoms with Crippen LogP contribution in [0.4, 0.5) is 0 Å². The fourth-order valence-corrected chi connectivity index (χ4v) is 1.18. The SMILES string of the molecule is COC(=O)c1nc(C)cnc1-n1nccn1. The number of rotatable bonds is 2. The Kier molecular flexibility index (Phi) is 2.59. The molecule has 0 amide bonds. The van der Waals surface area contributed by atoms with Gasteiger partial charge in [0.15, 0.2) is 5.69 Å². The third-order valence-corrected chi connectivity index (χ3v) is 1.86. The Morgan fingerprint density at radius 2 is 2.06 bits per heavy atom. The fraction of sp³-hybridized carbons (Fsp3) is 0.222. The van der Waals surface area contributed by atoms with E-state index in [-0.39, 0.29) is 11.5 Å². The highest BCUT2D eigenvalue weighted by Crippen LogP contribution is 2.08. The van der Waals surface area contributed by atoms with Crippen LogP contribution in [0.15, 0.2) is 18.6 Å². The predicted octanol–water partition coefficient (Wildman–Crippen LogP) is 0.152. The van der Waals surface area contributed by atoms with Gasteiger partial charge in [-0.1, -0.05) is 0 Å². The van der Waals surface area contributed by atoms with Gasteiger partial charge in [0.05, 0.1) is 31.4 Å². The van der Waals surface area contributed by atoms with Gasteiger partial charge in [0.2, 0.25) is 5.82 Å².